The van der Waals surface area contributed by atoms with Gasteiger partial charge in [-0.25, -0.2) is 0 Å². The van der Waals surface area contributed by atoms with E-state index >= 15 is 0 Å². The second-order valence-electron chi connectivity index (χ2n) is 5.00. The molecule has 2 unspecified atom stereocenters. The summed E-state index contributed by atoms with van der Waals surface area (Å²) < 4.78 is 0. The third kappa shape index (κ3) is 2.91. The van der Waals surface area contributed by atoms with E-state index in [1.54, 1.807) is 0 Å². The summed E-state index contributed by atoms with van der Waals surface area (Å²) in [5, 5.41) is 9.42. The zero-order valence-corrected chi connectivity index (χ0v) is 10.9. The number of likely N-dealkylation sites (tertiary alicyclic amines) is 1. The molecule has 1 heterocycles. The van der Waals surface area contributed by atoms with Crippen molar-refractivity contribution in [3.05, 3.63) is 35.9 Å². The van der Waals surface area contributed by atoms with Crippen LogP contribution >= 0.6 is 0 Å². The van der Waals surface area contributed by atoms with Crippen molar-refractivity contribution in [2.45, 2.75) is 38.1 Å². The summed E-state index contributed by atoms with van der Waals surface area (Å²) in [7, 11) is 0. The van der Waals surface area contributed by atoms with Crippen LogP contribution in [0.1, 0.15) is 37.7 Å². The summed E-state index contributed by atoms with van der Waals surface area (Å²) in [6.45, 7) is 3.86. The molecule has 1 aliphatic rings. The van der Waals surface area contributed by atoms with Crippen LogP contribution in [0.3, 0.4) is 0 Å². The number of benzene rings is 1. The van der Waals surface area contributed by atoms with E-state index in [-0.39, 0.29) is 0 Å². The molecular formula is C15H21NO2. The average Bonchev–Trinajstić information content (AvgIpc) is 2.83. The van der Waals surface area contributed by atoms with Gasteiger partial charge in [0.05, 0.1) is 5.92 Å². The normalized spacial score (nSPS) is 21.9. The van der Waals surface area contributed by atoms with E-state index in [0.717, 1.165) is 18.5 Å². The summed E-state index contributed by atoms with van der Waals surface area (Å²) in [5.41, 5.74) is 0.909. The summed E-state index contributed by atoms with van der Waals surface area (Å²) in [4.78, 5) is 13.8. The van der Waals surface area contributed by atoms with E-state index < -0.39 is 11.9 Å². The van der Waals surface area contributed by atoms with Crippen LogP contribution < -0.4 is 0 Å². The molecule has 0 aromatic heterocycles. The van der Waals surface area contributed by atoms with E-state index in [1.165, 1.54) is 12.8 Å². The van der Waals surface area contributed by atoms with Crippen molar-refractivity contribution in [2.24, 2.45) is 0 Å². The van der Waals surface area contributed by atoms with Crippen LogP contribution in [0.2, 0.25) is 0 Å². The van der Waals surface area contributed by atoms with Gasteiger partial charge in [-0.3, -0.25) is 9.69 Å². The minimum absolute atomic E-state index is 0.404. The summed E-state index contributed by atoms with van der Waals surface area (Å²) in [5.74, 6) is -1.12. The fourth-order valence-electron chi connectivity index (χ4n) is 2.84. The Kier molecular flexibility index (Phi) is 4.37. The molecule has 3 nitrogen and oxygen atoms in total. The lowest BCUT2D eigenvalue weighted by Gasteiger charge is -2.26. The first-order valence-corrected chi connectivity index (χ1v) is 6.74. The lowest BCUT2D eigenvalue weighted by molar-refractivity contribution is -0.139. The van der Waals surface area contributed by atoms with E-state index in [0.29, 0.717) is 12.6 Å². The maximum atomic E-state index is 11.5. The van der Waals surface area contributed by atoms with Crippen LogP contribution in [0.5, 0.6) is 0 Å². The Labute approximate surface area is 108 Å². The Morgan fingerprint density at radius 2 is 2.17 bits per heavy atom. The molecule has 1 N–H and O–H groups in total. The first kappa shape index (κ1) is 13.1. The number of nitrogens with zero attached hydrogens (tertiary/aromatic N) is 1. The van der Waals surface area contributed by atoms with Crippen molar-refractivity contribution in [1.82, 2.24) is 4.90 Å². The van der Waals surface area contributed by atoms with Gasteiger partial charge in [0.2, 0.25) is 0 Å². The number of hydrogen-bond donors (Lipinski definition) is 1. The largest absolute Gasteiger partial charge is 0.481 e. The number of carbonyl (C=O) groups is 1. The molecule has 1 aliphatic heterocycles. The molecule has 0 aliphatic carbocycles. The number of aliphatic carboxylic acids is 1. The molecule has 98 valence electrons. The van der Waals surface area contributed by atoms with Crippen LogP contribution in [0.4, 0.5) is 0 Å². The van der Waals surface area contributed by atoms with Gasteiger partial charge < -0.3 is 5.11 Å². The van der Waals surface area contributed by atoms with Gasteiger partial charge in [-0.2, -0.15) is 0 Å². The monoisotopic (exact) mass is 247 g/mol. The second-order valence-corrected chi connectivity index (χ2v) is 5.00. The smallest absolute Gasteiger partial charge is 0.312 e. The highest BCUT2D eigenvalue weighted by Gasteiger charge is 2.29. The molecule has 0 spiro atoms. The Morgan fingerprint density at radius 1 is 1.44 bits per heavy atom. The van der Waals surface area contributed by atoms with Crippen molar-refractivity contribution in [2.75, 3.05) is 13.1 Å². The van der Waals surface area contributed by atoms with Gasteiger partial charge in [0.15, 0.2) is 0 Å². The van der Waals surface area contributed by atoms with Gasteiger partial charge in [-0.1, -0.05) is 37.3 Å². The van der Waals surface area contributed by atoms with Crippen LogP contribution in [0.15, 0.2) is 30.3 Å². The van der Waals surface area contributed by atoms with Crippen molar-refractivity contribution in [3.8, 4) is 0 Å². The minimum atomic E-state index is -0.719. The number of hydrogen-bond acceptors (Lipinski definition) is 2. The minimum Gasteiger partial charge on any atom is -0.481 e. The highest BCUT2D eigenvalue weighted by atomic mass is 16.4. The third-order valence-electron chi connectivity index (χ3n) is 3.89. The Balaban J connectivity index is 2.10. The third-order valence-corrected chi connectivity index (χ3v) is 3.89. The van der Waals surface area contributed by atoms with Crippen molar-refractivity contribution < 1.29 is 9.90 Å². The van der Waals surface area contributed by atoms with Crippen LogP contribution in [-0.4, -0.2) is 35.1 Å². The summed E-state index contributed by atoms with van der Waals surface area (Å²) in [6.07, 6.45) is 3.51. The number of carboxylic acids is 1. The lowest BCUT2D eigenvalue weighted by Crippen LogP contribution is -2.35. The van der Waals surface area contributed by atoms with Gasteiger partial charge in [-0.05, 0) is 31.4 Å². The second kappa shape index (κ2) is 6.01. The lowest BCUT2D eigenvalue weighted by atomic mass is 9.98. The van der Waals surface area contributed by atoms with E-state index in [4.69, 9.17) is 0 Å². The van der Waals surface area contributed by atoms with Crippen LogP contribution in [0.25, 0.3) is 0 Å². The van der Waals surface area contributed by atoms with Crippen molar-refractivity contribution in [1.29, 1.82) is 0 Å². The highest BCUT2D eigenvalue weighted by molar-refractivity contribution is 5.76. The molecule has 0 amide bonds. The molecule has 2 atom stereocenters. The van der Waals surface area contributed by atoms with E-state index in [2.05, 4.69) is 11.8 Å². The molecule has 1 saturated heterocycles. The van der Waals surface area contributed by atoms with Crippen molar-refractivity contribution >= 4 is 5.97 Å². The van der Waals surface area contributed by atoms with Gasteiger partial charge in [-0.15, -0.1) is 0 Å². The van der Waals surface area contributed by atoms with Gasteiger partial charge in [0.25, 0.3) is 0 Å². The van der Waals surface area contributed by atoms with E-state index in [9.17, 15) is 9.90 Å². The molecule has 0 bridgehead atoms. The Bertz CT molecular complexity index is 391. The summed E-state index contributed by atoms with van der Waals surface area (Å²) in [6, 6.07) is 10.1. The molecule has 1 fully saturated rings. The van der Waals surface area contributed by atoms with Gasteiger partial charge in [0, 0.05) is 12.6 Å². The number of carboxylic acid groups (broad SMARTS) is 1. The van der Waals surface area contributed by atoms with Crippen molar-refractivity contribution in [3.63, 3.8) is 0 Å². The molecule has 3 heteroatoms. The first-order valence-electron chi connectivity index (χ1n) is 6.74. The predicted octanol–water partition coefficient (Wildman–Crippen LogP) is 2.73. The highest BCUT2D eigenvalue weighted by Crippen LogP contribution is 2.25. The maximum Gasteiger partial charge on any atom is 0.312 e. The molecular weight excluding hydrogens is 226 g/mol. The van der Waals surface area contributed by atoms with Crippen LogP contribution in [-0.2, 0) is 4.79 Å². The summed E-state index contributed by atoms with van der Waals surface area (Å²) >= 11 is 0. The first-order chi connectivity index (χ1) is 8.72. The molecule has 18 heavy (non-hydrogen) atoms. The molecule has 0 saturated carbocycles. The zero-order chi connectivity index (χ0) is 13.0. The average molecular weight is 247 g/mol. The Morgan fingerprint density at radius 3 is 2.78 bits per heavy atom. The molecule has 0 radical (unpaired) electrons. The Hall–Kier alpha value is -1.35. The zero-order valence-electron chi connectivity index (χ0n) is 10.9. The maximum absolute atomic E-state index is 11.5. The quantitative estimate of drug-likeness (QED) is 0.869. The van der Waals surface area contributed by atoms with Crippen LogP contribution in [0, 0.1) is 0 Å². The fourth-order valence-corrected chi connectivity index (χ4v) is 2.84. The molecule has 2 rings (SSSR count). The topological polar surface area (TPSA) is 40.5 Å². The SMILES string of the molecule is CCC1CCCN1CC(C(=O)O)c1ccccc1. The molecule has 1 aromatic carbocycles. The van der Waals surface area contributed by atoms with Gasteiger partial charge >= 0.3 is 5.97 Å². The predicted molar refractivity (Wildman–Crippen MR) is 71.7 cm³/mol. The standard InChI is InChI=1S/C15H21NO2/c1-2-13-9-6-10-16(13)11-14(15(17)18)12-7-4-3-5-8-12/h3-5,7-8,13-14H,2,6,9-11H2,1H3,(H,17,18). The number of rotatable bonds is 5. The van der Waals surface area contributed by atoms with E-state index in [1.807, 2.05) is 30.3 Å². The molecule has 1 aromatic rings. The fraction of sp³-hybridized carbons (Fsp3) is 0.533. The van der Waals surface area contributed by atoms with Gasteiger partial charge in [0.1, 0.15) is 0 Å².